The predicted octanol–water partition coefficient (Wildman–Crippen LogP) is 4.53. The van der Waals surface area contributed by atoms with E-state index in [1.54, 1.807) is 0 Å². The maximum absolute atomic E-state index is 5.95. The Labute approximate surface area is 184 Å². The summed E-state index contributed by atoms with van der Waals surface area (Å²) in [5.41, 5.74) is 4.99. The summed E-state index contributed by atoms with van der Waals surface area (Å²) in [5, 5.41) is 0. The van der Waals surface area contributed by atoms with E-state index in [4.69, 9.17) is 9.47 Å². The van der Waals surface area contributed by atoms with Gasteiger partial charge in [-0.25, -0.2) is 4.98 Å². The predicted molar refractivity (Wildman–Crippen MR) is 122 cm³/mol. The first-order valence-corrected chi connectivity index (χ1v) is 10.9. The molecule has 5 rings (SSSR count). The van der Waals surface area contributed by atoms with Gasteiger partial charge in [0.1, 0.15) is 18.2 Å². The second-order valence-electron chi connectivity index (χ2n) is 9.52. The number of hydrogen-bond donors (Lipinski definition) is 0. The number of nitrogens with zero attached hydrogens (tertiary/aromatic N) is 3. The lowest BCUT2D eigenvalue weighted by atomic mass is 9.78. The molecule has 160 valence electrons. The van der Waals surface area contributed by atoms with E-state index in [1.807, 2.05) is 24.5 Å². The second kappa shape index (κ2) is 7.65. The van der Waals surface area contributed by atoms with Crippen LogP contribution in [0.5, 0.6) is 5.75 Å². The van der Waals surface area contributed by atoms with Gasteiger partial charge >= 0.3 is 0 Å². The Morgan fingerprint density at radius 2 is 1.58 bits per heavy atom. The maximum atomic E-state index is 5.95. The molecular formula is C26H29N3O2. The molecule has 31 heavy (non-hydrogen) atoms. The first-order valence-electron chi connectivity index (χ1n) is 10.9. The van der Waals surface area contributed by atoms with Crippen LogP contribution in [0.25, 0.3) is 0 Å². The van der Waals surface area contributed by atoms with Crippen molar-refractivity contribution in [2.75, 3.05) is 31.2 Å². The van der Waals surface area contributed by atoms with E-state index in [1.165, 1.54) is 16.7 Å². The van der Waals surface area contributed by atoms with Gasteiger partial charge in [-0.2, -0.15) is 0 Å². The van der Waals surface area contributed by atoms with Crippen molar-refractivity contribution in [3.05, 3.63) is 83.3 Å². The number of hydrogen-bond acceptors (Lipinski definition) is 5. The fourth-order valence-corrected chi connectivity index (χ4v) is 4.35. The summed E-state index contributed by atoms with van der Waals surface area (Å²) in [4.78, 5) is 11.4. The average Bonchev–Trinajstić information content (AvgIpc) is 2.72. The standard InChI is InChI=1S/C26H29N3O2/c1-19-4-6-20(7-5-19)25(2,3)21-8-10-23(11-9-21)31-14-22-12-28-24(13-27-22)29-15-26(16-29)17-30-18-26/h4-13H,14-18H2,1-3H3. The molecular weight excluding hydrogens is 386 g/mol. The Morgan fingerprint density at radius 1 is 0.935 bits per heavy atom. The van der Waals surface area contributed by atoms with E-state index in [2.05, 4.69) is 72.0 Å². The van der Waals surface area contributed by atoms with Gasteiger partial charge in [0.05, 0.1) is 36.7 Å². The lowest BCUT2D eigenvalue weighted by molar-refractivity contribution is -0.127. The Kier molecular flexibility index (Phi) is 4.94. The normalized spacial score (nSPS) is 17.2. The van der Waals surface area contributed by atoms with Gasteiger partial charge in [-0.1, -0.05) is 55.8 Å². The minimum Gasteiger partial charge on any atom is -0.487 e. The highest BCUT2D eigenvalue weighted by Gasteiger charge is 2.49. The number of ether oxygens (including phenoxy) is 2. The van der Waals surface area contributed by atoms with Crippen molar-refractivity contribution in [2.24, 2.45) is 5.41 Å². The molecule has 2 aliphatic rings. The molecule has 0 bridgehead atoms. The lowest BCUT2D eigenvalue weighted by Crippen LogP contribution is -2.66. The molecule has 0 aliphatic carbocycles. The molecule has 0 N–H and O–H groups in total. The summed E-state index contributed by atoms with van der Waals surface area (Å²) in [6.07, 6.45) is 3.66. The Bertz CT molecular complexity index is 1030. The van der Waals surface area contributed by atoms with Crippen LogP contribution in [0.1, 0.15) is 36.2 Å². The summed E-state index contributed by atoms with van der Waals surface area (Å²) in [5.74, 6) is 1.77. The molecule has 2 aliphatic heterocycles. The average molecular weight is 416 g/mol. The van der Waals surface area contributed by atoms with E-state index in [-0.39, 0.29) is 5.41 Å². The minimum atomic E-state index is -0.0609. The number of anilines is 1. The summed E-state index contributed by atoms with van der Waals surface area (Å²) in [7, 11) is 0. The van der Waals surface area contributed by atoms with Crippen molar-refractivity contribution in [1.82, 2.24) is 9.97 Å². The highest BCUT2D eigenvalue weighted by atomic mass is 16.5. The maximum Gasteiger partial charge on any atom is 0.147 e. The third kappa shape index (κ3) is 3.90. The lowest BCUT2D eigenvalue weighted by Gasteiger charge is -2.55. The van der Waals surface area contributed by atoms with Crippen molar-refractivity contribution in [3.8, 4) is 5.75 Å². The molecule has 2 saturated heterocycles. The van der Waals surface area contributed by atoms with E-state index < -0.39 is 0 Å². The van der Waals surface area contributed by atoms with Crippen LogP contribution in [0, 0.1) is 12.3 Å². The topological polar surface area (TPSA) is 47.5 Å². The molecule has 0 amide bonds. The molecule has 5 heteroatoms. The molecule has 1 aromatic heterocycles. The van der Waals surface area contributed by atoms with E-state index in [0.29, 0.717) is 12.0 Å². The van der Waals surface area contributed by atoms with Gasteiger partial charge in [-0.15, -0.1) is 0 Å². The van der Waals surface area contributed by atoms with Crippen molar-refractivity contribution in [2.45, 2.75) is 32.8 Å². The SMILES string of the molecule is Cc1ccc(C(C)(C)c2ccc(OCc3cnc(N4CC5(COC5)C4)cn3)cc2)cc1. The molecule has 2 aromatic carbocycles. The van der Waals surface area contributed by atoms with Crippen molar-refractivity contribution < 1.29 is 9.47 Å². The highest BCUT2D eigenvalue weighted by molar-refractivity contribution is 5.42. The van der Waals surface area contributed by atoms with Crippen LogP contribution >= 0.6 is 0 Å². The molecule has 1 spiro atoms. The summed E-state index contributed by atoms with van der Waals surface area (Å²) >= 11 is 0. The molecule has 5 nitrogen and oxygen atoms in total. The number of benzene rings is 2. The van der Waals surface area contributed by atoms with Crippen LogP contribution in [0.15, 0.2) is 60.9 Å². The van der Waals surface area contributed by atoms with Gasteiger partial charge in [0.2, 0.25) is 0 Å². The van der Waals surface area contributed by atoms with Crippen LogP contribution in [0.4, 0.5) is 5.82 Å². The number of rotatable bonds is 6. The largest absolute Gasteiger partial charge is 0.487 e. The van der Waals surface area contributed by atoms with Crippen LogP contribution in [0.2, 0.25) is 0 Å². The zero-order valence-corrected chi connectivity index (χ0v) is 18.5. The molecule has 0 radical (unpaired) electrons. The van der Waals surface area contributed by atoms with E-state index in [0.717, 1.165) is 43.6 Å². The Balaban J connectivity index is 1.18. The summed E-state index contributed by atoms with van der Waals surface area (Å²) in [6.45, 7) is 10.8. The van der Waals surface area contributed by atoms with Gasteiger partial charge in [-0.3, -0.25) is 4.98 Å². The van der Waals surface area contributed by atoms with Crippen LogP contribution < -0.4 is 9.64 Å². The smallest absolute Gasteiger partial charge is 0.147 e. The molecule has 3 aromatic rings. The molecule has 3 heterocycles. The first kappa shape index (κ1) is 20.0. The molecule has 0 atom stereocenters. The van der Waals surface area contributed by atoms with Gasteiger partial charge in [-0.05, 0) is 30.2 Å². The van der Waals surface area contributed by atoms with Crippen molar-refractivity contribution in [1.29, 1.82) is 0 Å². The van der Waals surface area contributed by atoms with Crippen molar-refractivity contribution in [3.63, 3.8) is 0 Å². The Hall–Kier alpha value is -2.92. The van der Waals surface area contributed by atoms with E-state index >= 15 is 0 Å². The monoisotopic (exact) mass is 415 g/mol. The van der Waals surface area contributed by atoms with Gasteiger partial charge in [0.25, 0.3) is 0 Å². The molecule has 0 unspecified atom stereocenters. The highest BCUT2D eigenvalue weighted by Crippen LogP contribution is 2.39. The molecule has 0 saturated carbocycles. The third-order valence-corrected chi connectivity index (χ3v) is 6.62. The van der Waals surface area contributed by atoms with Gasteiger partial charge < -0.3 is 14.4 Å². The Morgan fingerprint density at radius 3 is 2.13 bits per heavy atom. The van der Waals surface area contributed by atoms with Crippen LogP contribution in [0.3, 0.4) is 0 Å². The summed E-state index contributed by atoms with van der Waals surface area (Å²) < 4.78 is 11.3. The van der Waals surface area contributed by atoms with Crippen LogP contribution in [-0.4, -0.2) is 36.3 Å². The third-order valence-electron chi connectivity index (χ3n) is 6.62. The number of aromatic nitrogens is 2. The quantitative estimate of drug-likeness (QED) is 0.592. The fraction of sp³-hybridized carbons (Fsp3) is 0.385. The van der Waals surface area contributed by atoms with Gasteiger partial charge in [0.15, 0.2) is 0 Å². The first-order chi connectivity index (χ1) is 14.9. The zero-order valence-electron chi connectivity index (χ0n) is 18.5. The van der Waals surface area contributed by atoms with E-state index in [9.17, 15) is 0 Å². The summed E-state index contributed by atoms with van der Waals surface area (Å²) in [6, 6.07) is 17.1. The minimum absolute atomic E-state index is 0.0609. The molecule has 2 fully saturated rings. The number of aryl methyl sites for hydroxylation is 1. The second-order valence-corrected chi connectivity index (χ2v) is 9.52. The van der Waals surface area contributed by atoms with Gasteiger partial charge in [0, 0.05) is 18.5 Å². The fourth-order valence-electron chi connectivity index (χ4n) is 4.35. The van der Waals surface area contributed by atoms with Crippen LogP contribution in [-0.2, 0) is 16.8 Å². The van der Waals surface area contributed by atoms with Crippen molar-refractivity contribution >= 4 is 5.82 Å². The zero-order chi connectivity index (χ0) is 21.5.